The number of phenolic OH excluding ortho intramolecular Hbond substituents is 1. The second-order valence-electron chi connectivity index (χ2n) is 8.62. The van der Waals surface area contributed by atoms with Gasteiger partial charge in [0.05, 0.1) is 17.7 Å². The van der Waals surface area contributed by atoms with E-state index in [0.29, 0.717) is 19.2 Å². The van der Waals surface area contributed by atoms with Gasteiger partial charge in [0, 0.05) is 38.6 Å². The fourth-order valence-electron chi connectivity index (χ4n) is 3.92. The van der Waals surface area contributed by atoms with Crippen LogP contribution in [0.4, 0.5) is 0 Å². The molecular weight excluding hydrogens is 564 g/mol. The Labute approximate surface area is 240 Å². The Hall–Kier alpha value is -1.94. The third-order valence-corrected chi connectivity index (χ3v) is 6.80. The monoisotopic (exact) mass is 595 g/mol. The molecule has 1 saturated heterocycles. The average molecular weight is 597 g/mol. The van der Waals surface area contributed by atoms with Gasteiger partial charge in [0.1, 0.15) is 17.7 Å². The molecule has 8 nitrogen and oxygen atoms in total. The topological polar surface area (TPSA) is 91.3 Å². The molecule has 0 aromatic heterocycles. The number of methoxy groups -OCH3 is 1. The lowest BCUT2D eigenvalue weighted by molar-refractivity contribution is -0.142. The number of nitrogens with zero attached hydrogens (tertiary/aromatic N) is 2. The number of hydrogen-bond donors (Lipinski definition) is 2. The van der Waals surface area contributed by atoms with Crippen LogP contribution in [0.2, 0.25) is 10.0 Å². The first-order chi connectivity index (χ1) is 16.7. The minimum atomic E-state index is -0.964. The summed E-state index contributed by atoms with van der Waals surface area (Å²) < 4.78 is 10.6. The van der Waals surface area contributed by atoms with E-state index in [-0.39, 0.29) is 52.6 Å². The summed E-state index contributed by atoms with van der Waals surface area (Å²) >= 11 is 12.7. The number of nitrogens with one attached hydrogen (secondary N) is 1. The highest BCUT2D eigenvalue weighted by molar-refractivity contribution is 6.39. The second-order valence-corrected chi connectivity index (χ2v) is 9.40. The van der Waals surface area contributed by atoms with Crippen molar-refractivity contribution < 1.29 is 24.2 Å². The second kappa shape index (κ2) is 15.5. The molecule has 1 unspecified atom stereocenters. The van der Waals surface area contributed by atoms with Gasteiger partial charge in [-0.2, -0.15) is 0 Å². The van der Waals surface area contributed by atoms with E-state index >= 15 is 0 Å². The molecule has 206 valence electrons. The zero-order chi connectivity index (χ0) is 25.5. The van der Waals surface area contributed by atoms with E-state index in [1.54, 1.807) is 0 Å². The summed E-state index contributed by atoms with van der Waals surface area (Å²) in [6, 6.07) is 9.96. The highest BCUT2D eigenvalue weighted by Crippen LogP contribution is 2.42. The predicted molar refractivity (Wildman–Crippen MR) is 150 cm³/mol. The number of carbonyl (C=O) groups excluding carboxylic acids is 2. The largest absolute Gasteiger partial charge is 0.505 e. The summed E-state index contributed by atoms with van der Waals surface area (Å²) in [5.41, 5.74) is 0.671. The van der Waals surface area contributed by atoms with E-state index in [2.05, 4.69) is 29.1 Å². The average Bonchev–Trinajstić information content (AvgIpc) is 2.85. The lowest BCUT2D eigenvalue weighted by atomic mass is 10.1. The lowest BCUT2D eigenvalue weighted by Crippen LogP contribution is -2.50. The van der Waals surface area contributed by atoms with Crippen LogP contribution >= 0.6 is 48.0 Å². The summed E-state index contributed by atoms with van der Waals surface area (Å²) in [6.45, 7) is 6.00. The molecule has 12 heteroatoms. The van der Waals surface area contributed by atoms with E-state index in [9.17, 15) is 14.7 Å². The molecule has 1 fully saturated rings. The number of carbonyl (C=O) groups is 2. The molecule has 1 aliphatic heterocycles. The highest BCUT2D eigenvalue weighted by atomic mass is 35.5. The fraction of sp³-hybridized carbons (Fsp3) is 0.440. The van der Waals surface area contributed by atoms with E-state index in [4.69, 9.17) is 32.7 Å². The molecule has 37 heavy (non-hydrogen) atoms. The summed E-state index contributed by atoms with van der Waals surface area (Å²) in [5, 5.41) is 13.1. The Morgan fingerprint density at radius 3 is 2.49 bits per heavy atom. The number of hydrogen-bond acceptors (Lipinski definition) is 7. The van der Waals surface area contributed by atoms with Crippen molar-refractivity contribution in [1.29, 1.82) is 0 Å². The maximum atomic E-state index is 12.9. The fourth-order valence-corrected chi connectivity index (χ4v) is 4.49. The number of rotatable bonds is 9. The third-order valence-electron chi connectivity index (χ3n) is 6.17. The Bertz CT molecular complexity index is 1040. The molecule has 2 N–H and O–H groups in total. The number of aromatic hydroxyl groups is 1. The van der Waals surface area contributed by atoms with Gasteiger partial charge >= 0.3 is 5.97 Å². The number of piperazine rings is 1. The molecule has 1 aliphatic rings. The first-order valence-corrected chi connectivity index (χ1v) is 12.2. The summed E-state index contributed by atoms with van der Waals surface area (Å²) in [7, 11) is 3.35. The Morgan fingerprint density at radius 1 is 1.19 bits per heavy atom. The van der Waals surface area contributed by atoms with Gasteiger partial charge in [-0.3, -0.25) is 9.69 Å². The van der Waals surface area contributed by atoms with Crippen molar-refractivity contribution in [3.63, 3.8) is 0 Å². The normalized spacial score (nSPS) is 16.6. The van der Waals surface area contributed by atoms with Crippen LogP contribution in [-0.4, -0.2) is 85.8 Å². The molecule has 2 aromatic rings. The van der Waals surface area contributed by atoms with E-state index in [1.165, 1.54) is 13.2 Å². The van der Waals surface area contributed by atoms with Crippen LogP contribution in [0.5, 0.6) is 11.5 Å². The first-order valence-electron chi connectivity index (χ1n) is 11.4. The van der Waals surface area contributed by atoms with Crippen molar-refractivity contribution >= 4 is 59.9 Å². The third kappa shape index (κ3) is 8.80. The SMILES string of the molecule is COC(=O)[C@H](Cc1ccccc1)NC(=O)c1cc(Cl)c(OCCN2CCN(C)C(C)C2)c(Cl)c1O.Cl.Cl. The van der Waals surface area contributed by atoms with Gasteiger partial charge in [0.15, 0.2) is 11.5 Å². The maximum Gasteiger partial charge on any atom is 0.328 e. The van der Waals surface area contributed by atoms with Gasteiger partial charge in [0.25, 0.3) is 5.91 Å². The van der Waals surface area contributed by atoms with Crippen LogP contribution in [-0.2, 0) is 16.0 Å². The smallest absolute Gasteiger partial charge is 0.328 e. The number of ether oxygens (including phenoxy) is 2. The number of likely N-dealkylation sites (N-methyl/N-ethyl adjacent to an activating group) is 1. The van der Waals surface area contributed by atoms with Gasteiger partial charge in [-0.05, 0) is 25.6 Å². The van der Waals surface area contributed by atoms with Crippen molar-refractivity contribution in [3.05, 3.63) is 57.6 Å². The summed E-state index contributed by atoms with van der Waals surface area (Å²) in [6.07, 6.45) is 0.216. The minimum absolute atomic E-state index is 0. The molecular formula is C25H33Cl4N3O5. The lowest BCUT2D eigenvalue weighted by Gasteiger charge is -2.37. The number of phenols is 1. The van der Waals surface area contributed by atoms with E-state index < -0.39 is 23.7 Å². The van der Waals surface area contributed by atoms with Crippen LogP contribution in [0.3, 0.4) is 0 Å². The number of amides is 1. The first kappa shape index (κ1) is 33.1. The van der Waals surface area contributed by atoms with Crippen LogP contribution in [0.25, 0.3) is 0 Å². The molecule has 1 amide bonds. The molecule has 0 aliphatic carbocycles. The molecule has 2 aromatic carbocycles. The molecule has 0 radical (unpaired) electrons. The molecule has 0 bridgehead atoms. The standard InChI is InChI=1S/C25H31Cl2N3O5.2ClH/c1-16-15-30(10-9-29(16)2)11-12-35-23-19(26)14-18(22(31)21(23)27)24(32)28-20(25(33)34-3)13-17-7-5-4-6-8-17;;/h4-8,14,16,20,31H,9-13,15H2,1-3H3,(H,28,32);2*1H/t16?,20-;;/m0../s1. The van der Waals surface area contributed by atoms with Crippen LogP contribution in [0, 0.1) is 0 Å². The molecule has 0 saturated carbocycles. The zero-order valence-corrected chi connectivity index (χ0v) is 24.1. The van der Waals surface area contributed by atoms with Gasteiger partial charge < -0.3 is 24.8 Å². The number of benzene rings is 2. The maximum absolute atomic E-state index is 12.9. The molecule has 1 heterocycles. The van der Waals surface area contributed by atoms with Gasteiger partial charge in [-0.1, -0.05) is 53.5 Å². The molecule has 0 spiro atoms. The van der Waals surface area contributed by atoms with Gasteiger partial charge in [-0.25, -0.2) is 4.79 Å². The highest BCUT2D eigenvalue weighted by Gasteiger charge is 2.27. The van der Waals surface area contributed by atoms with Crippen molar-refractivity contribution in [2.75, 3.05) is 46.9 Å². The van der Waals surface area contributed by atoms with Crippen LogP contribution in [0.15, 0.2) is 36.4 Å². The Kier molecular flexibility index (Phi) is 13.8. The van der Waals surface area contributed by atoms with Crippen molar-refractivity contribution in [2.24, 2.45) is 0 Å². The predicted octanol–water partition coefficient (Wildman–Crippen LogP) is 4.07. The van der Waals surface area contributed by atoms with Crippen molar-refractivity contribution in [2.45, 2.75) is 25.4 Å². The minimum Gasteiger partial charge on any atom is -0.505 e. The summed E-state index contributed by atoms with van der Waals surface area (Å²) in [4.78, 5) is 29.8. The van der Waals surface area contributed by atoms with Crippen molar-refractivity contribution in [3.8, 4) is 11.5 Å². The number of esters is 1. The Morgan fingerprint density at radius 2 is 1.86 bits per heavy atom. The van der Waals surface area contributed by atoms with E-state index in [0.717, 1.165) is 25.2 Å². The Balaban J connectivity index is 0.00000342. The molecule has 3 rings (SSSR count). The summed E-state index contributed by atoms with van der Waals surface area (Å²) in [5.74, 6) is -1.69. The van der Waals surface area contributed by atoms with Gasteiger partial charge in [-0.15, -0.1) is 24.8 Å². The van der Waals surface area contributed by atoms with Crippen LogP contribution in [0.1, 0.15) is 22.8 Å². The van der Waals surface area contributed by atoms with Crippen molar-refractivity contribution in [1.82, 2.24) is 15.1 Å². The van der Waals surface area contributed by atoms with E-state index in [1.807, 2.05) is 30.3 Å². The van der Waals surface area contributed by atoms with Gasteiger partial charge in [0.2, 0.25) is 0 Å². The quantitative estimate of drug-likeness (QED) is 0.422. The van der Waals surface area contributed by atoms with Crippen LogP contribution < -0.4 is 10.1 Å². The number of halogens is 4. The molecule has 2 atom stereocenters. The zero-order valence-electron chi connectivity index (χ0n) is 20.9.